The second kappa shape index (κ2) is 8.61. The van der Waals surface area contributed by atoms with Gasteiger partial charge in [-0.25, -0.2) is 8.42 Å². The van der Waals surface area contributed by atoms with Crippen molar-refractivity contribution in [3.8, 4) is 5.75 Å². The Hall–Kier alpha value is -0.780. The number of ether oxygens (including phenoxy) is 1. The molecule has 21 heavy (non-hydrogen) atoms. The molecule has 0 bridgehead atoms. The van der Waals surface area contributed by atoms with Crippen LogP contribution < -0.4 is 10.1 Å². The quantitative estimate of drug-likeness (QED) is 0.706. The summed E-state index contributed by atoms with van der Waals surface area (Å²) in [5, 5.41) is 3.90. The predicted molar refractivity (Wildman–Crippen MR) is 87.8 cm³/mol. The van der Waals surface area contributed by atoms with E-state index in [0.29, 0.717) is 36.3 Å². The fourth-order valence-corrected chi connectivity index (χ4v) is 2.74. The zero-order valence-electron chi connectivity index (χ0n) is 12.9. The molecule has 0 saturated carbocycles. The minimum absolute atomic E-state index is 0.123. The van der Waals surface area contributed by atoms with Gasteiger partial charge in [-0.2, -0.15) is 0 Å². The van der Waals surface area contributed by atoms with Crippen LogP contribution in [-0.2, 0) is 16.4 Å². The van der Waals surface area contributed by atoms with E-state index < -0.39 is 9.84 Å². The summed E-state index contributed by atoms with van der Waals surface area (Å²) in [6.45, 7) is 6.23. The van der Waals surface area contributed by atoms with Crippen molar-refractivity contribution in [3.05, 3.63) is 28.8 Å². The third-order valence-corrected chi connectivity index (χ3v) is 4.15. The molecule has 0 radical (unpaired) electrons. The maximum absolute atomic E-state index is 11.1. The number of benzene rings is 1. The van der Waals surface area contributed by atoms with Crippen LogP contribution in [0.4, 0.5) is 0 Å². The van der Waals surface area contributed by atoms with Crippen LogP contribution in [0.3, 0.4) is 0 Å². The van der Waals surface area contributed by atoms with E-state index in [4.69, 9.17) is 16.3 Å². The van der Waals surface area contributed by atoms with Gasteiger partial charge in [-0.15, -0.1) is 0 Å². The van der Waals surface area contributed by atoms with Gasteiger partial charge < -0.3 is 10.1 Å². The molecule has 6 heteroatoms. The minimum Gasteiger partial charge on any atom is -0.492 e. The normalized spacial score (nSPS) is 11.9. The Labute approximate surface area is 132 Å². The molecule has 0 aliphatic carbocycles. The Morgan fingerprint density at radius 1 is 1.33 bits per heavy atom. The van der Waals surface area contributed by atoms with Gasteiger partial charge in [0, 0.05) is 18.4 Å². The molecule has 0 heterocycles. The molecule has 0 unspecified atom stereocenters. The van der Waals surface area contributed by atoms with E-state index in [0.717, 1.165) is 12.1 Å². The first kappa shape index (κ1) is 18.3. The summed E-state index contributed by atoms with van der Waals surface area (Å²) in [6.07, 6.45) is 1.69. The highest BCUT2D eigenvalue weighted by atomic mass is 35.5. The van der Waals surface area contributed by atoms with Crippen molar-refractivity contribution in [1.29, 1.82) is 0 Å². The van der Waals surface area contributed by atoms with Crippen LogP contribution in [0.2, 0.25) is 5.02 Å². The van der Waals surface area contributed by atoms with E-state index in [-0.39, 0.29) is 5.75 Å². The largest absolute Gasteiger partial charge is 0.492 e. The average Bonchev–Trinajstić information content (AvgIpc) is 2.35. The second-order valence-electron chi connectivity index (χ2n) is 5.58. The molecular weight excluding hydrogens is 310 g/mol. The summed E-state index contributed by atoms with van der Waals surface area (Å²) in [7, 11) is -2.95. The van der Waals surface area contributed by atoms with Gasteiger partial charge in [-0.3, -0.25) is 0 Å². The Morgan fingerprint density at radius 2 is 2.05 bits per heavy atom. The van der Waals surface area contributed by atoms with E-state index >= 15 is 0 Å². The topological polar surface area (TPSA) is 55.4 Å². The standard InChI is InChI=1S/C15H24ClNO3S/c1-12(2)10-17-11-13-6-4-7-14(16)15(13)20-8-5-9-21(3,18)19/h4,6-7,12,17H,5,8-11H2,1-3H3. The molecule has 0 amide bonds. The van der Waals surface area contributed by atoms with Gasteiger partial charge in [-0.05, 0) is 24.9 Å². The number of hydrogen-bond acceptors (Lipinski definition) is 4. The van der Waals surface area contributed by atoms with E-state index in [1.54, 1.807) is 6.07 Å². The lowest BCUT2D eigenvalue weighted by Crippen LogP contribution is -2.19. The Kier molecular flexibility index (Phi) is 7.49. The summed E-state index contributed by atoms with van der Waals surface area (Å²) >= 11 is 6.17. The summed E-state index contributed by atoms with van der Waals surface area (Å²) < 4.78 is 27.9. The smallest absolute Gasteiger partial charge is 0.147 e. The first-order valence-electron chi connectivity index (χ1n) is 7.08. The van der Waals surface area contributed by atoms with Gasteiger partial charge in [0.2, 0.25) is 0 Å². The number of para-hydroxylation sites is 1. The van der Waals surface area contributed by atoms with Gasteiger partial charge >= 0.3 is 0 Å². The van der Waals surface area contributed by atoms with Crippen LogP contribution in [0.25, 0.3) is 0 Å². The maximum Gasteiger partial charge on any atom is 0.147 e. The molecule has 120 valence electrons. The lowest BCUT2D eigenvalue weighted by Gasteiger charge is -2.14. The first-order chi connectivity index (χ1) is 9.79. The molecule has 0 atom stereocenters. The lowest BCUT2D eigenvalue weighted by atomic mass is 10.2. The lowest BCUT2D eigenvalue weighted by molar-refractivity contribution is 0.313. The molecule has 0 aliphatic heterocycles. The van der Waals surface area contributed by atoms with E-state index in [2.05, 4.69) is 19.2 Å². The van der Waals surface area contributed by atoms with Crippen LogP contribution >= 0.6 is 11.6 Å². The fourth-order valence-electron chi connectivity index (χ4n) is 1.85. The van der Waals surface area contributed by atoms with Crippen molar-refractivity contribution >= 4 is 21.4 Å². The monoisotopic (exact) mass is 333 g/mol. The molecule has 0 aliphatic rings. The fraction of sp³-hybridized carbons (Fsp3) is 0.600. The predicted octanol–water partition coefficient (Wildman–Crippen LogP) is 2.90. The van der Waals surface area contributed by atoms with Crippen LogP contribution in [-0.4, -0.2) is 33.6 Å². The van der Waals surface area contributed by atoms with Crippen LogP contribution in [0.15, 0.2) is 18.2 Å². The molecule has 0 saturated heterocycles. The summed E-state index contributed by atoms with van der Waals surface area (Å²) in [5.41, 5.74) is 0.988. The molecule has 1 aromatic rings. The zero-order chi connectivity index (χ0) is 15.9. The molecule has 1 aromatic carbocycles. The third-order valence-electron chi connectivity index (χ3n) is 2.82. The SMILES string of the molecule is CC(C)CNCc1cccc(Cl)c1OCCCS(C)(=O)=O. The molecule has 0 fully saturated rings. The van der Waals surface area contributed by atoms with Crippen molar-refractivity contribution in [2.75, 3.05) is 25.2 Å². The zero-order valence-corrected chi connectivity index (χ0v) is 14.4. The van der Waals surface area contributed by atoms with Gasteiger partial charge in [0.05, 0.1) is 17.4 Å². The van der Waals surface area contributed by atoms with Crippen molar-refractivity contribution < 1.29 is 13.2 Å². The Bertz CT molecular complexity index is 544. The minimum atomic E-state index is -2.95. The van der Waals surface area contributed by atoms with Gasteiger partial charge in [0.15, 0.2) is 0 Å². The number of rotatable bonds is 9. The van der Waals surface area contributed by atoms with Crippen molar-refractivity contribution in [2.24, 2.45) is 5.92 Å². The molecular formula is C15H24ClNO3S. The molecule has 1 N–H and O–H groups in total. The third kappa shape index (κ3) is 7.69. The van der Waals surface area contributed by atoms with Crippen molar-refractivity contribution in [2.45, 2.75) is 26.8 Å². The molecule has 1 rings (SSSR count). The van der Waals surface area contributed by atoms with Crippen LogP contribution in [0.5, 0.6) is 5.75 Å². The summed E-state index contributed by atoms with van der Waals surface area (Å²) in [5.74, 6) is 1.34. The Balaban J connectivity index is 2.58. The van der Waals surface area contributed by atoms with Crippen molar-refractivity contribution in [1.82, 2.24) is 5.32 Å². The maximum atomic E-state index is 11.1. The second-order valence-corrected chi connectivity index (χ2v) is 8.25. The number of hydrogen-bond donors (Lipinski definition) is 1. The molecule has 4 nitrogen and oxygen atoms in total. The highest BCUT2D eigenvalue weighted by Gasteiger charge is 2.09. The molecule has 0 spiro atoms. The van der Waals surface area contributed by atoms with E-state index in [9.17, 15) is 8.42 Å². The molecule has 0 aromatic heterocycles. The summed E-state index contributed by atoms with van der Waals surface area (Å²) in [4.78, 5) is 0. The van der Waals surface area contributed by atoms with Gasteiger partial charge in [0.25, 0.3) is 0 Å². The van der Waals surface area contributed by atoms with Gasteiger partial charge in [0.1, 0.15) is 15.6 Å². The average molecular weight is 334 g/mol. The van der Waals surface area contributed by atoms with Crippen LogP contribution in [0.1, 0.15) is 25.8 Å². The van der Waals surface area contributed by atoms with E-state index in [1.807, 2.05) is 12.1 Å². The van der Waals surface area contributed by atoms with Crippen LogP contribution in [0, 0.1) is 5.92 Å². The highest BCUT2D eigenvalue weighted by molar-refractivity contribution is 7.90. The number of nitrogens with one attached hydrogen (secondary N) is 1. The number of halogens is 1. The summed E-state index contributed by atoms with van der Waals surface area (Å²) in [6, 6.07) is 5.63. The van der Waals surface area contributed by atoms with Crippen molar-refractivity contribution in [3.63, 3.8) is 0 Å². The first-order valence-corrected chi connectivity index (χ1v) is 9.52. The highest BCUT2D eigenvalue weighted by Crippen LogP contribution is 2.28. The van der Waals surface area contributed by atoms with Gasteiger partial charge in [-0.1, -0.05) is 37.6 Å². The number of sulfone groups is 1. The van der Waals surface area contributed by atoms with E-state index in [1.165, 1.54) is 6.26 Å². The Morgan fingerprint density at radius 3 is 2.67 bits per heavy atom.